The number of nitrogens with one attached hydrogen (secondary N) is 1. The number of ether oxygens (including phenoxy) is 1. The van der Waals surface area contributed by atoms with Crippen LogP contribution in [-0.2, 0) is 0 Å². The van der Waals surface area contributed by atoms with Crippen LogP contribution < -0.4 is 10.1 Å². The third-order valence-corrected chi connectivity index (χ3v) is 3.34. The molecule has 0 aliphatic rings. The summed E-state index contributed by atoms with van der Waals surface area (Å²) in [6.07, 6.45) is 0.0650. The van der Waals surface area contributed by atoms with E-state index in [0.717, 1.165) is 0 Å². The van der Waals surface area contributed by atoms with Gasteiger partial charge in [0, 0.05) is 5.56 Å². The van der Waals surface area contributed by atoms with Crippen molar-refractivity contribution in [1.29, 1.82) is 0 Å². The summed E-state index contributed by atoms with van der Waals surface area (Å²) in [6.45, 7) is 3.87. The number of aromatic nitrogens is 2. The molecule has 1 heterocycles. The molecule has 1 amide bonds. The summed E-state index contributed by atoms with van der Waals surface area (Å²) in [5.41, 5.74) is 0.944. The summed E-state index contributed by atoms with van der Waals surface area (Å²) in [4.78, 5) is 12.2. The zero-order valence-corrected chi connectivity index (χ0v) is 13.7. The monoisotopic (exact) mass is 341 g/mol. The summed E-state index contributed by atoms with van der Waals surface area (Å²) in [7, 11) is 0. The molecule has 1 aromatic heterocycles. The summed E-state index contributed by atoms with van der Waals surface area (Å²) >= 11 is 0. The molecule has 0 radical (unpaired) electrons. The molecule has 6 nitrogen and oxygen atoms in total. The molecule has 0 fully saturated rings. The standard InChI is InChI=1S/C18H16FN3O3/c1-11(2)24-13-9-7-12(8-10-13)16-17(22-25-21-16)20-18(23)14-5-3-4-6-15(14)19/h3-11H,1-2H3,(H,20,22,23). The predicted molar refractivity (Wildman–Crippen MR) is 89.9 cm³/mol. The highest BCUT2D eigenvalue weighted by atomic mass is 19.1. The number of rotatable bonds is 5. The van der Waals surface area contributed by atoms with E-state index in [2.05, 4.69) is 15.6 Å². The first-order valence-electron chi connectivity index (χ1n) is 7.70. The van der Waals surface area contributed by atoms with Crippen LogP contribution in [0.3, 0.4) is 0 Å². The van der Waals surface area contributed by atoms with Crippen molar-refractivity contribution in [1.82, 2.24) is 10.3 Å². The van der Waals surface area contributed by atoms with Crippen molar-refractivity contribution < 1.29 is 18.6 Å². The van der Waals surface area contributed by atoms with E-state index in [0.29, 0.717) is 17.0 Å². The maximum atomic E-state index is 13.7. The van der Waals surface area contributed by atoms with Crippen LogP contribution in [0.4, 0.5) is 10.2 Å². The average Bonchev–Trinajstić information content (AvgIpc) is 3.03. The third kappa shape index (κ3) is 3.82. The molecule has 25 heavy (non-hydrogen) atoms. The highest BCUT2D eigenvalue weighted by molar-refractivity contribution is 6.05. The van der Waals surface area contributed by atoms with E-state index in [-0.39, 0.29) is 17.5 Å². The van der Waals surface area contributed by atoms with E-state index in [9.17, 15) is 9.18 Å². The Morgan fingerprint density at radius 2 is 1.84 bits per heavy atom. The lowest BCUT2D eigenvalue weighted by atomic mass is 10.1. The maximum absolute atomic E-state index is 13.7. The van der Waals surface area contributed by atoms with Gasteiger partial charge in [-0.3, -0.25) is 4.79 Å². The fraction of sp³-hybridized carbons (Fsp3) is 0.167. The van der Waals surface area contributed by atoms with Gasteiger partial charge >= 0.3 is 0 Å². The molecule has 0 bridgehead atoms. The van der Waals surface area contributed by atoms with Gasteiger partial charge in [0.2, 0.25) is 5.82 Å². The summed E-state index contributed by atoms with van der Waals surface area (Å²) in [5, 5.41) is 10.0. The van der Waals surface area contributed by atoms with E-state index in [1.54, 1.807) is 30.3 Å². The fourth-order valence-electron chi connectivity index (χ4n) is 2.24. The number of carbonyl (C=O) groups is 1. The van der Waals surface area contributed by atoms with Gasteiger partial charge in [-0.2, -0.15) is 0 Å². The van der Waals surface area contributed by atoms with Crippen LogP contribution in [0.15, 0.2) is 53.2 Å². The normalized spacial score (nSPS) is 10.7. The first-order valence-corrected chi connectivity index (χ1v) is 7.70. The van der Waals surface area contributed by atoms with Gasteiger partial charge in [-0.15, -0.1) is 0 Å². The molecule has 0 atom stereocenters. The van der Waals surface area contributed by atoms with Gasteiger partial charge in [0.15, 0.2) is 5.69 Å². The van der Waals surface area contributed by atoms with Crippen LogP contribution in [0.1, 0.15) is 24.2 Å². The number of amides is 1. The number of nitrogens with zero attached hydrogens (tertiary/aromatic N) is 2. The van der Waals surface area contributed by atoms with E-state index < -0.39 is 11.7 Å². The van der Waals surface area contributed by atoms with Crippen molar-refractivity contribution in [3.63, 3.8) is 0 Å². The molecule has 1 N–H and O–H groups in total. The van der Waals surface area contributed by atoms with Crippen LogP contribution in [-0.4, -0.2) is 22.3 Å². The summed E-state index contributed by atoms with van der Waals surface area (Å²) < 4.78 is 24.0. The van der Waals surface area contributed by atoms with Crippen LogP contribution in [0.2, 0.25) is 0 Å². The summed E-state index contributed by atoms with van der Waals surface area (Å²) in [5.74, 6) is -0.416. The Morgan fingerprint density at radius 3 is 2.52 bits per heavy atom. The highest BCUT2D eigenvalue weighted by Crippen LogP contribution is 2.27. The largest absolute Gasteiger partial charge is 0.491 e. The second-order valence-corrected chi connectivity index (χ2v) is 5.59. The van der Waals surface area contributed by atoms with Crippen LogP contribution in [0, 0.1) is 5.82 Å². The SMILES string of the molecule is CC(C)Oc1ccc(-c2nonc2NC(=O)c2ccccc2F)cc1. The first-order chi connectivity index (χ1) is 12.0. The molecule has 0 saturated carbocycles. The molecular formula is C18H16FN3O3. The Labute approximate surface area is 143 Å². The minimum atomic E-state index is -0.630. The van der Waals surface area contributed by atoms with Gasteiger partial charge in [-0.05, 0) is 60.6 Å². The number of hydrogen-bond acceptors (Lipinski definition) is 5. The number of halogens is 1. The molecule has 128 valence electrons. The zero-order valence-electron chi connectivity index (χ0n) is 13.7. The predicted octanol–water partition coefficient (Wildman–Crippen LogP) is 3.92. The molecular weight excluding hydrogens is 325 g/mol. The van der Waals surface area contributed by atoms with E-state index in [4.69, 9.17) is 9.37 Å². The fourth-order valence-corrected chi connectivity index (χ4v) is 2.24. The van der Waals surface area contributed by atoms with Crippen molar-refractivity contribution >= 4 is 11.7 Å². The van der Waals surface area contributed by atoms with Crippen molar-refractivity contribution in [2.24, 2.45) is 0 Å². The Kier molecular flexibility index (Phi) is 4.74. The number of carbonyl (C=O) groups excluding carboxylic acids is 1. The molecule has 0 spiro atoms. The molecule has 2 aromatic carbocycles. The van der Waals surface area contributed by atoms with Gasteiger partial charge in [-0.25, -0.2) is 9.02 Å². The average molecular weight is 341 g/mol. The van der Waals surface area contributed by atoms with Crippen molar-refractivity contribution in [3.8, 4) is 17.0 Å². The number of anilines is 1. The maximum Gasteiger partial charge on any atom is 0.259 e. The quantitative estimate of drug-likeness (QED) is 0.761. The highest BCUT2D eigenvalue weighted by Gasteiger charge is 2.18. The number of hydrogen-bond donors (Lipinski definition) is 1. The minimum absolute atomic E-state index is 0.0650. The summed E-state index contributed by atoms with van der Waals surface area (Å²) in [6, 6.07) is 12.8. The molecule has 0 saturated heterocycles. The van der Waals surface area contributed by atoms with Crippen LogP contribution in [0.5, 0.6) is 5.75 Å². The first kappa shape index (κ1) is 16.6. The van der Waals surface area contributed by atoms with Gasteiger partial charge in [0.1, 0.15) is 11.6 Å². The lowest BCUT2D eigenvalue weighted by Gasteiger charge is -2.09. The van der Waals surface area contributed by atoms with Crippen molar-refractivity contribution in [2.75, 3.05) is 5.32 Å². The smallest absolute Gasteiger partial charge is 0.259 e. The molecule has 3 aromatic rings. The second kappa shape index (κ2) is 7.12. The lowest BCUT2D eigenvalue weighted by Crippen LogP contribution is -2.14. The lowest BCUT2D eigenvalue weighted by molar-refractivity contribution is 0.102. The molecule has 7 heteroatoms. The Hall–Kier alpha value is -3.22. The minimum Gasteiger partial charge on any atom is -0.491 e. The Balaban J connectivity index is 1.81. The third-order valence-electron chi connectivity index (χ3n) is 3.34. The molecule has 3 rings (SSSR count). The number of benzene rings is 2. The van der Waals surface area contributed by atoms with Crippen LogP contribution in [0.25, 0.3) is 11.3 Å². The van der Waals surface area contributed by atoms with Gasteiger partial charge in [0.25, 0.3) is 5.91 Å². The topological polar surface area (TPSA) is 77.2 Å². The van der Waals surface area contributed by atoms with E-state index in [1.807, 2.05) is 13.8 Å². The van der Waals surface area contributed by atoms with E-state index in [1.165, 1.54) is 18.2 Å². The van der Waals surface area contributed by atoms with Crippen molar-refractivity contribution in [2.45, 2.75) is 20.0 Å². The van der Waals surface area contributed by atoms with Gasteiger partial charge in [-0.1, -0.05) is 12.1 Å². The van der Waals surface area contributed by atoms with Gasteiger partial charge in [0.05, 0.1) is 11.7 Å². The van der Waals surface area contributed by atoms with E-state index >= 15 is 0 Å². The Morgan fingerprint density at radius 1 is 1.12 bits per heavy atom. The van der Waals surface area contributed by atoms with Crippen molar-refractivity contribution in [3.05, 3.63) is 59.9 Å². The zero-order chi connectivity index (χ0) is 17.8. The molecule has 0 unspecified atom stereocenters. The Bertz CT molecular complexity index is 875. The van der Waals surface area contributed by atoms with Gasteiger partial charge < -0.3 is 10.1 Å². The molecule has 0 aliphatic carbocycles. The molecule has 0 aliphatic heterocycles. The second-order valence-electron chi connectivity index (χ2n) is 5.59. The van der Waals surface area contributed by atoms with Crippen LogP contribution >= 0.6 is 0 Å².